The summed E-state index contributed by atoms with van der Waals surface area (Å²) in [7, 11) is 0. The molecule has 1 saturated heterocycles. The van der Waals surface area contributed by atoms with Crippen LogP contribution in [-0.2, 0) is 25.5 Å². The van der Waals surface area contributed by atoms with Crippen LogP contribution in [0.3, 0.4) is 0 Å². The van der Waals surface area contributed by atoms with Crippen LogP contribution in [0.25, 0.3) is 0 Å². The number of carbonyl (C=O) groups is 3. The third-order valence-corrected chi connectivity index (χ3v) is 7.52. The van der Waals surface area contributed by atoms with E-state index in [1.165, 1.54) is 17.8 Å². The molecular weight excluding hydrogens is 454 g/mol. The predicted molar refractivity (Wildman–Crippen MR) is 129 cm³/mol. The topological polar surface area (TPSA) is 97.0 Å². The number of carbonyl (C=O) groups excluding carboxylic acids is 3. The summed E-state index contributed by atoms with van der Waals surface area (Å²) in [5.41, 5.74) is 2.36. The number of rotatable bonds is 4. The molecule has 0 radical (unpaired) electrons. The van der Waals surface area contributed by atoms with Gasteiger partial charge in [0.15, 0.2) is 5.79 Å². The maximum Gasteiger partial charge on any atom is 0.313 e. The van der Waals surface area contributed by atoms with Crippen LogP contribution in [0.2, 0.25) is 0 Å². The van der Waals surface area contributed by atoms with Gasteiger partial charge in [0.05, 0.1) is 11.5 Å². The zero-order chi connectivity index (χ0) is 23.5. The zero-order valence-electron chi connectivity index (χ0n) is 19.0. The first-order chi connectivity index (χ1) is 16.5. The average molecular weight is 484 g/mol. The summed E-state index contributed by atoms with van der Waals surface area (Å²) in [6.07, 6.45) is 6.53. The standard InChI is InChI=1S/C25H29N3O5S/c29-22(26-15-19-16-32-25(33-19)10-2-1-3-11-25)23(30)27-18-8-9-20-17(14-18)6-4-12-28(20)24(31)21-7-5-13-34-21/h5,7-9,13-14,19H,1-4,6,10-12,15-16H2,(H,26,29)(H,27,30). The van der Waals surface area contributed by atoms with Gasteiger partial charge in [-0.25, -0.2) is 0 Å². The van der Waals surface area contributed by atoms with Gasteiger partial charge in [-0.15, -0.1) is 11.3 Å². The van der Waals surface area contributed by atoms with Gasteiger partial charge in [-0.1, -0.05) is 12.5 Å². The fourth-order valence-corrected chi connectivity index (χ4v) is 5.64. The molecule has 1 spiro atoms. The Morgan fingerprint density at radius 3 is 2.74 bits per heavy atom. The van der Waals surface area contributed by atoms with Crippen molar-refractivity contribution in [1.29, 1.82) is 0 Å². The molecule has 3 heterocycles. The van der Waals surface area contributed by atoms with Crippen molar-refractivity contribution < 1.29 is 23.9 Å². The highest BCUT2D eigenvalue weighted by atomic mass is 32.1. The van der Waals surface area contributed by atoms with Gasteiger partial charge in [0.25, 0.3) is 5.91 Å². The summed E-state index contributed by atoms with van der Waals surface area (Å²) in [4.78, 5) is 40.1. The molecule has 1 atom stereocenters. The second-order valence-corrected chi connectivity index (χ2v) is 10.0. The van der Waals surface area contributed by atoms with E-state index in [9.17, 15) is 14.4 Å². The molecule has 5 rings (SSSR count). The van der Waals surface area contributed by atoms with E-state index < -0.39 is 17.6 Å². The van der Waals surface area contributed by atoms with E-state index in [1.54, 1.807) is 11.0 Å². The Labute approximate surface area is 202 Å². The Morgan fingerprint density at radius 1 is 1.09 bits per heavy atom. The molecule has 1 aliphatic carbocycles. The molecule has 8 nitrogen and oxygen atoms in total. The fraction of sp³-hybridized carbons (Fsp3) is 0.480. The highest BCUT2D eigenvalue weighted by Gasteiger charge is 2.42. The molecule has 2 N–H and O–H groups in total. The smallest absolute Gasteiger partial charge is 0.313 e. The van der Waals surface area contributed by atoms with Gasteiger partial charge in [-0.05, 0) is 60.9 Å². The number of aryl methyl sites for hydroxylation is 1. The Balaban J connectivity index is 1.16. The van der Waals surface area contributed by atoms with Gasteiger partial charge in [0.1, 0.15) is 6.10 Å². The van der Waals surface area contributed by atoms with Crippen LogP contribution in [0.15, 0.2) is 35.7 Å². The van der Waals surface area contributed by atoms with E-state index in [0.29, 0.717) is 23.7 Å². The van der Waals surface area contributed by atoms with Crippen molar-refractivity contribution in [3.05, 3.63) is 46.2 Å². The summed E-state index contributed by atoms with van der Waals surface area (Å²) in [6.45, 7) is 1.32. The molecule has 1 saturated carbocycles. The van der Waals surface area contributed by atoms with Gasteiger partial charge < -0.3 is 25.0 Å². The van der Waals surface area contributed by atoms with Gasteiger partial charge in [-0.2, -0.15) is 0 Å². The Hall–Kier alpha value is -2.75. The predicted octanol–water partition coefficient (Wildman–Crippen LogP) is 3.47. The monoisotopic (exact) mass is 483 g/mol. The van der Waals surface area contributed by atoms with Gasteiger partial charge in [0.2, 0.25) is 0 Å². The van der Waals surface area contributed by atoms with Crippen molar-refractivity contribution in [1.82, 2.24) is 5.32 Å². The van der Waals surface area contributed by atoms with Crippen LogP contribution in [0.4, 0.5) is 11.4 Å². The van der Waals surface area contributed by atoms with Crippen LogP contribution < -0.4 is 15.5 Å². The lowest BCUT2D eigenvalue weighted by molar-refractivity contribution is -0.186. The van der Waals surface area contributed by atoms with Crippen LogP contribution in [0.5, 0.6) is 0 Å². The second-order valence-electron chi connectivity index (χ2n) is 9.07. The van der Waals surface area contributed by atoms with Crippen LogP contribution in [0.1, 0.15) is 53.8 Å². The minimum atomic E-state index is -0.728. The first kappa shape index (κ1) is 23.0. The van der Waals surface area contributed by atoms with Crippen molar-refractivity contribution >= 4 is 40.4 Å². The molecule has 2 fully saturated rings. The molecule has 0 bridgehead atoms. The Kier molecular flexibility index (Phi) is 6.67. The number of fused-ring (bicyclic) bond motifs is 1. The number of thiophene rings is 1. The third kappa shape index (κ3) is 4.87. The van der Waals surface area contributed by atoms with Gasteiger partial charge in [-0.3, -0.25) is 14.4 Å². The van der Waals surface area contributed by atoms with E-state index in [0.717, 1.165) is 49.8 Å². The molecule has 3 aliphatic rings. The molecule has 3 amide bonds. The lowest BCUT2D eigenvalue weighted by Crippen LogP contribution is -2.41. The minimum Gasteiger partial charge on any atom is -0.347 e. The number of anilines is 2. The van der Waals surface area contributed by atoms with Crippen molar-refractivity contribution in [2.75, 3.05) is 29.9 Å². The van der Waals surface area contributed by atoms with Gasteiger partial charge >= 0.3 is 11.8 Å². The molecule has 2 aromatic rings. The maximum absolute atomic E-state index is 12.9. The maximum atomic E-state index is 12.9. The normalized spacial score (nSPS) is 21.2. The summed E-state index contributed by atoms with van der Waals surface area (Å²) in [6, 6.07) is 9.10. The molecule has 1 aromatic carbocycles. The quantitative estimate of drug-likeness (QED) is 0.649. The molecule has 1 unspecified atom stereocenters. The van der Waals surface area contributed by atoms with Crippen molar-refractivity contribution in [3.63, 3.8) is 0 Å². The first-order valence-corrected chi connectivity index (χ1v) is 12.8. The molecule has 34 heavy (non-hydrogen) atoms. The van der Waals surface area contributed by atoms with Crippen molar-refractivity contribution in [2.24, 2.45) is 0 Å². The van der Waals surface area contributed by atoms with E-state index in [1.807, 2.05) is 29.6 Å². The summed E-state index contributed by atoms with van der Waals surface area (Å²) in [5.74, 6) is -1.95. The number of benzene rings is 1. The lowest BCUT2D eigenvalue weighted by Gasteiger charge is -2.31. The van der Waals surface area contributed by atoms with E-state index in [4.69, 9.17) is 9.47 Å². The summed E-state index contributed by atoms with van der Waals surface area (Å²) < 4.78 is 11.9. The number of nitrogens with one attached hydrogen (secondary N) is 2. The number of amides is 3. The Bertz CT molecular complexity index is 1060. The van der Waals surface area contributed by atoms with Gasteiger partial charge in [0, 0.05) is 37.3 Å². The van der Waals surface area contributed by atoms with E-state index in [2.05, 4.69) is 10.6 Å². The fourth-order valence-electron chi connectivity index (χ4n) is 4.96. The molecule has 9 heteroatoms. The number of hydrogen-bond donors (Lipinski definition) is 2. The Morgan fingerprint density at radius 2 is 1.94 bits per heavy atom. The minimum absolute atomic E-state index is 0.0137. The molecule has 2 aliphatic heterocycles. The van der Waals surface area contributed by atoms with Crippen LogP contribution in [-0.4, -0.2) is 49.3 Å². The summed E-state index contributed by atoms with van der Waals surface area (Å²) in [5, 5.41) is 7.22. The molecule has 1 aromatic heterocycles. The number of nitrogens with zero attached hydrogens (tertiary/aromatic N) is 1. The molecular formula is C25H29N3O5S. The van der Waals surface area contributed by atoms with E-state index >= 15 is 0 Å². The SMILES string of the molecule is O=C(NCC1COC2(CCCCC2)O1)C(=O)Nc1ccc2c(c1)CCCN2C(=O)c1cccs1. The number of ether oxygens (including phenoxy) is 2. The highest BCUT2D eigenvalue weighted by molar-refractivity contribution is 7.12. The van der Waals surface area contributed by atoms with Crippen LogP contribution >= 0.6 is 11.3 Å². The first-order valence-electron chi connectivity index (χ1n) is 11.9. The second kappa shape index (κ2) is 9.85. The third-order valence-electron chi connectivity index (χ3n) is 6.66. The van der Waals surface area contributed by atoms with E-state index in [-0.39, 0.29) is 18.6 Å². The lowest BCUT2D eigenvalue weighted by atomic mass is 9.94. The largest absolute Gasteiger partial charge is 0.347 e. The summed E-state index contributed by atoms with van der Waals surface area (Å²) >= 11 is 1.42. The highest BCUT2D eigenvalue weighted by Crippen LogP contribution is 2.37. The zero-order valence-corrected chi connectivity index (χ0v) is 19.8. The number of hydrogen-bond acceptors (Lipinski definition) is 6. The van der Waals surface area contributed by atoms with Crippen LogP contribution in [0, 0.1) is 0 Å². The van der Waals surface area contributed by atoms with Crippen molar-refractivity contribution in [3.8, 4) is 0 Å². The average Bonchev–Trinajstić information content (AvgIpc) is 3.53. The molecule has 180 valence electrons. The van der Waals surface area contributed by atoms with Crippen molar-refractivity contribution in [2.45, 2.75) is 56.8 Å².